The summed E-state index contributed by atoms with van der Waals surface area (Å²) in [6.07, 6.45) is -11.2. The molecule has 13 heteroatoms. The zero-order chi connectivity index (χ0) is 27.4. The van der Waals surface area contributed by atoms with Crippen LogP contribution in [-0.4, -0.2) is 0 Å². The molecule has 0 amide bonds. The van der Waals surface area contributed by atoms with Gasteiger partial charge in [0.25, 0.3) is 0 Å². The van der Waals surface area contributed by atoms with Crippen LogP contribution in [0, 0.1) is 79.3 Å². The van der Waals surface area contributed by atoms with E-state index < -0.39 is 67.7 Å². The maximum atomic E-state index is 14.0. The maximum absolute atomic E-state index is 14.0. The third-order valence-corrected chi connectivity index (χ3v) is 4.70. The summed E-state index contributed by atoms with van der Waals surface area (Å²) in [7, 11) is 0. The molecule has 2 aromatic rings. The van der Waals surface area contributed by atoms with E-state index in [2.05, 4.69) is 0 Å². The Labute approximate surface area is 197 Å². The largest absolute Gasteiger partial charge is 0.418 e. The third-order valence-electron chi connectivity index (χ3n) is 4.70. The summed E-state index contributed by atoms with van der Waals surface area (Å²) in [5, 5.41) is 64.2. The molecular weight excluding hydrogens is 488 g/mol. The Balaban J connectivity index is 3.42. The fraction of sp³-hybridized carbons (Fsp3) is 0.0870. The number of benzene rings is 2. The molecule has 2 rings (SSSR count). The van der Waals surface area contributed by atoms with E-state index in [0.717, 1.165) is 24.3 Å². The number of rotatable bonds is 1. The Bertz CT molecular complexity index is 1720. The average molecular weight is 491 g/mol. The number of alkyl halides is 6. The highest BCUT2D eigenvalue weighted by molar-refractivity contribution is 5.83. The van der Waals surface area contributed by atoms with Gasteiger partial charge in [-0.2, -0.15) is 63.2 Å². The topological polar surface area (TPSA) is 167 Å². The molecule has 36 heavy (non-hydrogen) atoms. The van der Waals surface area contributed by atoms with E-state index >= 15 is 0 Å². The molecule has 2 aromatic carbocycles. The van der Waals surface area contributed by atoms with Crippen LogP contribution in [0.3, 0.4) is 0 Å². The van der Waals surface area contributed by atoms with Crippen LogP contribution in [0.1, 0.15) is 38.9 Å². The second kappa shape index (κ2) is 9.59. The van der Waals surface area contributed by atoms with Crippen LogP contribution in [0.4, 0.5) is 26.3 Å². The first-order valence-corrected chi connectivity index (χ1v) is 8.94. The van der Waals surface area contributed by atoms with Gasteiger partial charge in [-0.25, -0.2) is 0 Å². The van der Waals surface area contributed by atoms with Crippen LogP contribution in [-0.2, 0) is 12.4 Å². The highest BCUT2D eigenvalue weighted by atomic mass is 19.4. The fourth-order valence-corrected chi connectivity index (χ4v) is 3.33. The summed E-state index contributed by atoms with van der Waals surface area (Å²) in [5.74, 6) is 0. The van der Waals surface area contributed by atoms with E-state index in [1.54, 1.807) is 0 Å². The first kappa shape index (κ1) is 26.4. The second-order valence-corrected chi connectivity index (χ2v) is 6.54. The molecule has 172 valence electrons. The van der Waals surface area contributed by atoms with Crippen molar-refractivity contribution >= 4 is 11.1 Å². The van der Waals surface area contributed by atoms with Gasteiger partial charge in [-0.15, -0.1) is 0 Å². The van der Waals surface area contributed by atoms with E-state index in [0.29, 0.717) is 0 Å². The lowest BCUT2D eigenvalue weighted by atomic mass is 9.87. The summed E-state index contributed by atoms with van der Waals surface area (Å²) in [6.45, 7) is 0. The molecule has 0 aliphatic rings. The summed E-state index contributed by atoms with van der Waals surface area (Å²) in [4.78, 5) is 0. The highest BCUT2D eigenvalue weighted by Gasteiger charge is 2.45. The molecule has 0 aliphatic carbocycles. The quantitative estimate of drug-likeness (QED) is 0.552. The zero-order valence-electron chi connectivity index (χ0n) is 17.1. The molecule has 0 fully saturated rings. The number of nitrogens with zero attached hydrogens (tertiary/aromatic N) is 7. The van der Waals surface area contributed by atoms with Gasteiger partial charge >= 0.3 is 12.4 Å². The Morgan fingerprint density at radius 3 is 1.44 bits per heavy atom. The number of hydrogen-bond donors (Lipinski definition) is 0. The minimum atomic E-state index is -5.64. The third kappa shape index (κ3) is 4.35. The molecule has 0 atom stereocenters. The molecule has 0 spiro atoms. The van der Waals surface area contributed by atoms with Gasteiger partial charge in [-0.3, -0.25) is 0 Å². The Morgan fingerprint density at radius 2 is 1.06 bits per heavy atom. The van der Waals surface area contributed by atoms with Crippen molar-refractivity contribution in [2.24, 2.45) is 0 Å². The van der Waals surface area contributed by atoms with Crippen LogP contribution >= 0.6 is 0 Å². The van der Waals surface area contributed by atoms with Gasteiger partial charge in [0.1, 0.15) is 42.0 Å². The zero-order valence-corrected chi connectivity index (χ0v) is 17.1. The van der Waals surface area contributed by atoms with E-state index in [9.17, 15) is 52.7 Å². The second-order valence-electron chi connectivity index (χ2n) is 6.54. The van der Waals surface area contributed by atoms with Crippen LogP contribution in [0.25, 0.3) is 11.1 Å². The van der Waals surface area contributed by atoms with Crippen molar-refractivity contribution < 1.29 is 26.3 Å². The van der Waals surface area contributed by atoms with Gasteiger partial charge < -0.3 is 0 Å². The molecule has 0 heterocycles. The van der Waals surface area contributed by atoms with Gasteiger partial charge in [0.05, 0.1) is 45.0 Å². The first-order valence-electron chi connectivity index (χ1n) is 8.94. The number of hydrogen-bond acceptors (Lipinski definition) is 7. The summed E-state index contributed by atoms with van der Waals surface area (Å²) >= 11 is 0. The molecule has 0 saturated heterocycles. The first-order chi connectivity index (χ1) is 16.9. The monoisotopic (exact) mass is 491 g/mol. The van der Waals surface area contributed by atoms with E-state index in [4.69, 9.17) is 10.5 Å². The van der Waals surface area contributed by atoms with Crippen molar-refractivity contribution in [2.45, 2.75) is 12.4 Å². The molecular formula is C23H3F6N7. The molecule has 0 unspecified atom stereocenters. The fourth-order valence-electron chi connectivity index (χ4n) is 3.33. The highest BCUT2D eigenvalue weighted by Crippen LogP contribution is 2.44. The van der Waals surface area contributed by atoms with Crippen molar-refractivity contribution in [2.75, 3.05) is 0 Å². The van der Waals surface area contributed by atoms with Crippen LogP contribution < -0.4 is 10.4 Å². The lowest BCUT2D eigenvalue weighted by Crippen LogP contribution is -2.24. The summed E-state index contributed by atoms with van der Waals surface area (Å²) in [6, 6.07) is 10.9. The van der Waals surface area contributed by atoms with Gasteiger partial charge in [0, 0.05) is 16.0 Å². The Kier molecular flexibility index (Phi) is 7.04. The molecule has 0 saturated carbocycles. The van der Waals surface area contributed by atoms with Crippen LogP contribution in [0.15, 0.2) is 18.2 Å². The summed E-state index contributed by atoms with van der Waals surface area (Å²) < 4.78 is 82.5. The Morgan fingerprint density at radius 1 is 0.583 bits per heavy atom. The van der Waals surface area contributed by atoms with Crippen LogP contribution in [0.2, 0.25) is 0 Å². The van der Waals surface area contributed by atoms with Gasteiger partial charge in [-0.05, 0) is 6.07 Å². The standard InChI is InChI=1S/C23H3F6N7/c24-22(25,26)20-11(4-30)3-15(21(19(20)10-36)23(27,28)29)17(8-34)14-2-1-13(12(5-31)6-32)16(7-33)18(14)9-35/h1-3H/b17-14+. The predicted octanol–water partition coefficient (Wildman–Crippen LogP) is 3.13. The maximum Gasteiger partial charge on any atom is 0.418 e. The van der Waals surface area contributed by atoms with Crippen molar-refractivity contribution in [3.63, 3.8) is 0 Å². The van der Waals surface area contributed by atoms with Crippen LogP contribution in [0.5, 0.6) is 0 Å². The van der Waals surface area contributed by atoms with Gasteiger partial charge in [0.2, 0.25) is 0 Å². The van der Waals surface area contributed by atoms with Gasteiger partial charge in [-0.1, -0.05) is 12.1 Å². The van der Waals surface area contributed by atoms with Crippen molar-refractivity contribution in [1.82, 2.24) is 0 Å². The minimum absolute atomic E-state index is 0.119. The number of halogens is 6. The molecule has 0 radical (unpaired) electrons. The molecule has 7 nitrogen and oxygen atoms in total. The molecule has 0 aliphatic heterocycles. The van der Waals surface area contributed by atoms with E-state index in [1.807, 2.05) is 0 Å². The minimum Gasteiger partial charge on any atom is -0.192 e. The predicted molar refractivity (Wildman–Crippen MR) is 104 cm³/mol. The van der Waals surface area contributed by atoms with E-state index in [1.165, 1.54) is 30.3 Å². The lowest BCUT2D eigenvalue weighted by Gasteiger charge is -2.19. The average Bonchev–Trinajstić information content (AvgIpc) is 2.82. The SMILES string of the molecule is N#CC(C#N)=c1cc/c(=C(/C#N)c2cc(C#N)c(C(F)(F)F)c(C#N)c2C(F)(F)F)c(C#N)c1C#N. The molecule has 0 N–H and O–H groups in total. The molecule has 0 bridgehead atoms. The van der Waals surface area contributed by atoms with Gasteiger partial charge in [0.15, 0.2) is 0 Å². The van der Waals surface area contributed by atoms with Crippen molar-refractivity contribution in [1.29, 1.82) is 36.8 Å². The number of nitriles is 7. The Hall–Kier alpha value is -5.81. The van der Waals surface area contributed by atoms with Crippen molar-refractivity contribution in [3.8, 4) is 42.5 Å². The summed E-state index contributed by atoms with van der Waals surface area (Å²) in [5.41, 5.74) is -12.2. The van der Waals surface area contributed by atoms with Crippen molar-refractivity contribution in [3.05, 3.63) is 67.6 Å². The van der Waals surface area contributed by atoms with E-state index in [-0.39, 0.29) is 11.3 Å². The lowest BCUT2D eigenvalue weighted by molar-refractivity contribution is -0.143. The normalized spacial score (nSPS) is 11.3. The smallest absolute Gasteiger partial charge is 0.192 e. The molecule has 0 aromatic heterocycles.